The first-order valence-electron chi connectivity index (χ1n) is 7.08. The standard InChI is InChI=1S/C14H22N4O3/c1-3-17(4-2)10-6-9-15-14(19)16-12-7-5-8-13(11-12)18(20)21/h5,7-8,11H,3-4,6,9-10H2,1-2H3,(H2,15,16,19). The van der Waals surface area contributed by atoms with Gasteiger partial charge in [0.15, 0.2) is 0 Å². The van der Waals surface area contributed by atoms with E-state index in [1.807, 2.05) is 0 Å². The molecule has 0 heterocycles. The zero-order valence-electron chi connectivity index (χ0n) is 12.5. The van der Waals surface area contributed by atoms with Gasteiger partial charge in [-0.25, -0.2) is 4.79 Å². The molecule has 2 amide bonds. The maximum Gasteiger partial charge on any atom is 0.319 e. The summed E-state index contributed by atoms with van der Waals surface area (Å²) in [5.41, 5.74) is 0.361. The van der Waals surface area contributed by atoms with Gasteiger partial charge in [-0.05, 0) is 32.1 Å². The first-order valence-corrected chi connectivity index (χ1v) is 7.08. The van der Waals surface area contributed by atoms with E-state index < -0.39 is 4.92 Å². The lowest BCUT2D eigenvalue weighted by Crippen LogP contribution is -2.32. The van der Waals surface area contributed by atoms with Gasteiger partial charge in [-0.1, -0.05) is 19.9 Å². The fourth-order valence-corrected chi connectivity index (χ4v) is 1.92. The fourth-order valence-electron chi connectivity index (χ4n) is 1.92. The van der Waals surface area contributed by atoms with Crippen LogP contribution in [-0.2, 0) is 0 Å². The van der Waals surface area contributed by atoms with Crippen molar-refractivity contribution in [1.29, 1.82) is 0 Å². The Morgan fingerprint density at radius 2 is 2.05 bits per heavy atom. The number of amides is 2. The number of nitro groups is 1. The van der Waals surface area contributed by atoms with E-state index in [0.717, 1.165) is 26.1 Å². The second kappa shape index (κ2) is 8.91. The van der Waals surface area contributed by atoms with Gasteiger partial charge in [-0.3, -0.25) is 10.1 Å². The average Bonchev–Trinajstić information content (AvgIpc) is 2.47. The number of nitro benzene ring substituents is 1. The van der Waals surface area contributed by atoms with Gasteiger partial charge < -0.3 is 15.5 Å². The summed E-state index contributed by atoms with van der Waals surface area (Å²) >= 11 is 0. The predicted octanol–water partition coefficient (Wildman–Crippen LogP) is 2.45. The molecule has 0 bridgehead atoms. The zero-order chi connectivity index (χ0) is 15.7. The van der Waals surface area contributed by atoms with E-state index in [2.05, 4.69) is 29.4 Å². The number of rotatable bonds is 8. The van der Waals surface area contributed by atoms with Crippen LogP contribution >= 0.6 is 0 Å². The summed E-state index contributed by atoms with van der Waals surface area (Å²) in [6.45, 7) is 7.70. The molecule has 0 saturated carbocycles. The molecule has 0 aliphatic heterocycles. The minimum atomic E-state index is -0.493. The van der Waals surface area contributed by atoms with Gasteiger partial charge in [0, 0.05) is 24.4 Å². The van der Waals surface area contributed by atoms with Crippen molar-refractivity contribution in [2.24, 2.45) is 0 Å². The highest BCUT2D eigenvalue weighted by Crippen LogP contribution is 2.16. The van der Waals surface area contributed by atoms with Crippen molar-refractivity contribution in [1.82, 2.24) is 10.2 Å². The quantitative estimate of drug-likeness (QED) is 0.438. The number of anilines is 1. The summed E-state index contributed by atoms with van der Waals surface area (Å²) in [4.78, 5) is 24.1. The molecule has 0 aliphatic rings. The molecule has 21 heavy (non-hydrogen) atoms. The Labute approximate surface area is 124 Å². The third-order valence-electron chi connectivity index (χ3n) is 3.15. The average molecular weight is 294 g/mol. The van der Waals surface area contributed by atoms with Crippen LogP contribution in [0.25, 0.3) is 0 Å². The Morgan fingerprint density at radius 3 is 2.67 bits per heavy atom. The normalized spacial score (nSPS) is 10.4. The number of hydrogen-bond donors (Lipinski definition) is 2. The van der Waals surface area contributed by atoms with Gasteiger partial charge in [0.05, 0.1) is 4.92 Å². The topological polar surface area (TPSA) is 87.5 Å². The number of nitrogens with zero attached hydrogens (tertiary/aromatic N) is 2. The monoisotopic (exact) mass is 294 g/mol. The SMILES string of the molecule is CCN(CC)CCCNC(=O)Nc1cccc([N+](=O)[O-])c1. The summed E-state index contributed by atoms with van der Waals surface area (Å²) < 4.78 is 0. The molecule has 0 aromatic heterocycles. The van der Waals surface area contributed by atoms with Gasteiger partial charge >= 0.3 is 6.03 Å². The van der Waals surface area contributed by atoms with Crippen LogP contribution in [0.1, 0.15) is 20.3 Å². The molecule has 116 valence electrons. The van der Waals surface area contributed by atoms with E-state index in [9.17, 15) is 14.9 Å². The van der Waals surface area contributed by atoms with E-state index in [1.165, 1.54) is 18.2 Å². The molecular weight excluding hydrogens is 272 g/mol. The first kappa shape index (κ1) is 16.9. The molecule has 0 aliphatic carbocycles. The molecule has 0 unspecified atom stereocenters. The highest BCUT2D eigenvalue weighted by Gasteiger charge is 2.07. The minimum absolute atomic E-state index is 0.0469. The fraction of sp³-hybridized carbons (Fsp3) is 0.500. The maximum atomic E-state index is 11.7. The second-order valence-corrected chi connectivity index (χ2v) is 4.57. The second-order valence-electron chi connectivity index (χ2n) is 4.57. The Morgan fingerprint density at radius 1 is 1.33 bits per heavy atom. The lowest BCUT2D eigenvalue weighted by Gasteiger charge is -2.17. The van der Waals surface area contributed by atoms with Gasteiger partial charge in [-0.15, -0.1) is 0 Å². The van der Waals surface area contributed by atoms with Crippen molar-refractivity contribution < 1.29 is 9.72 Å². The third kappa shape index (κ3) is 6.22. The number of hydrogen-bond acceptors (Lipinski definition) is 4. The van der Waals surface area contributed by atoms with E-state index in [4.69, 9.17) is 0 Å². The summed E-state index contributed by atoms with van der Waals surface area (Å²) in [7, 11) is 0. The van der Waals surface area contributed by atoms with Gasteiger partial charge in [-0.2, -0.15) is 0 Å². The van der Waals surface area contributed by atoms with Gasteiger partial charge in [0.25, 0.3) is 5.69 Å². The smallest absolute Gasteiger partial charge is 0.319 e. The van der Waals surface area contributed by atoms with Crippen LogP contribution in [0.3, 0.4) is 0 Å². The maximum absolute atomic E-state index is 11.7. The Kier molecular flexibility index (Phi) is 7.17. The third-order valence-corrected chi connectivity index (χ3v) is 3.15. The molecule has 2 N–H and O–H groups in total. The van der Waals surface area contributed by atoms with Crippen LogP contribution in [0.5, 0.6) is 0 Å². The van der Waals surface area contributed by atoms with Crippen LogP contribution in [0.4, 0.5) is 16.2 Å². The number of nitrogens with one attached hydrogen (secondary N) is 2. The molecule has 0 atom stereocenters. The van der Waals surface area contributed by atoms with Crippen molar-refractivity contribution in [3.05, 3.63) is 34.4 Å². The Bertz CT molecular complexity index is 475. The van der Waals surface area contributed by atoms with Crippen molar-refractivity contribution >= 4 is 17.4 Å². The lowest BCUT2D eigenvalue weighted by molar-refractivity contribution is -0.384. The van der Waals surface area contributed by atoms with E-state index in [-0.39, 0.29) is 11.7 Å². The Balaban J connectivity index is 2.34. The molecule has 0 fully saturated rings. The largest absolute Gasteiger partial charge is 0.338 e. The van der Waals surface area contributed by atoms with Gasteiger partial charge in [0.2, 0.25) is 0 Å². The number of benzene rings is 1. The van der Waals surface area contributed by atoms with E-state index in [0.29, 0.717) is 12.2 Å². The molecule has 1 rings (SSSR count). The summed E-state index contributed by atoms with van der Waals surface area (Å²) in [6.07, 6.45) is 0.865. The van der Waals surface area contributed by atoms with Crippen LogP contribution in [0.15, 0.2) is 24.3 Å². The summed E-state index contributed by atoms with van der Waals surface area (Å²) in [6, 6.07) is 5.51. The van der Waals surface area contributed by atoms with Crippen molar-refractivity contribution in [3.63, 3.8) is 0 Å². The predicted molar refractivity (Wildman–Crippen MR) is 82.5 cm³/mol. The lowest BCUT2D eigenvalue weighted by atomic mass is 10.3. The van der Waals surface area contributed by atoms with Crippen molar-refractivity contribution in [3.8, 4) is 0 Å². The molecule has 1 aromatic carbocycles. The van der Waals surface area contributed by atoms with Crippen LogP contribution in [-0.4, -0.2) is 42.0 Å². The van der Waals surface area contributed by atoms with E-state index in [1.54, 1.807) is 6.07 Å². The highest BCUT2D eigenvalue weighted by molar-refractivity contribution is 5.89. The molecule has 7 heteroatoms. The zero-order valence-corrected chi connectivity index (χ0v) is 12.5. The Hall–Kier alpha value is -2.15. The number of non-ortho nitro benzene ring substituents is 1. The number of urea groups is 1. The summed E-state index contributed by atoms with van der Waals surface area (Å²) in [5, 5.41) is 16.0. The molecule has 7 nitrogen and oxygen atoms in total. The molecule has 0 spiro atoms. The van der Waals surface area contributed by atoms with Crippen LogP contribution < -0.4 is 10.6 Å². The number of carbonyl (C=O) groups is 1. The van der Waals surface area contributed by atoms with Crippen LogP contribution in [0.2, 0.25) is 0 Å². The molecule has 1 aromatic rings. The first-order chi connectivity index (χ1) is 10.1. The van der Waals surface area contributed by atoms with Crippen LogP contribution in [0, 0.1) is 10.1 Å². The van der Waals surface area contributed by atoms with E-state index >= 15 is 0 Å². The molecule has 0 saturated heterocycles. The molecule has 0 radical (unpaired) electrons. The summed E-state index contributed by atoms with van der Waals surface area (Å²) in [5.74, 6) is 0. The highest BCUT2D eigenvalue weighted by atomic mass is 16.6. The molecular formula is C14H22N4O3. The number of carbonyl (C=O) groups excluding carboxylic acids is 1. The van der Waals surface area contributed by atoms with Crippen molar-refractivity contribution in [2.45, 2.75) is 20.3 Å². The minimum Gasteiger partial charge on any atom is -0.338 e. The van der Waals surface area contributed by atoms with Crippen molar-refractivity contribution in [2.75, 3.05) is 31.5 Å². The van der Waals surface area contributed by atoms with Gasteiger partial charge in [0.1, 0.15) is 0 Å².